The quantitative estimate of drug-likeness (QED) is 0.615. The Balaban J connectivity index is 2.33. The lowest BCUT2D eigenvalue weighted by molar-refractivity contribution is 0.443. The van der Waals surface area contributed by atoms with E-state index in [-0.39, 0.29) is 6.54 Å². The highest BCUT2D eigenvalue weighted by molar-refractivity contribution is 9.11. The molecule has 0 bridgehead atoms. The van der Waals surface area contributed by atoms with Crippen molar-refractivity contribution >= 4 is 60.2 Å². The third-order valence-electron chi connectivity index (χ3n) is 2.72. The number of halogens is 2. The van der Waals surface area contributed by atoms with Crippen LogP contribution in [0.25, 0.3) is 0 Å². The van der Waals surface area contributed by atoms with E-state index in [2.05, 4.69) is 22.5 Å². The lowest BCUT2D eigenvalue weighted by Gasteiger charge is -2.18. The third-order valence-corrected chi connectivity index (χ3v) is 8.34. The van der Waals surface area contributed by atoms with E-state index in [1.165, 1.54) is 27.0 Å². The molecular weight excluding hydrogens is 414 g/mol. The molecular formula is C13H13BrClNO2S3. The van der Waals surface area contributed by atoms with Gasteiger partial charge in [-0.25, -0.2) is 8.42 Å². The summed E-state index contributed by atoms with van der Waals surface area (Å²) in [5.41, 5.74) is 0.913. The van der Waals surface area contributed by atoms with E-state index in [9.17, 15) is 8.42 Å². The summed E-state index contributed by atoms with van der Waals surface area (Å²) in [6.07, 6.45) is 1.59. The number of thiophene rings is 2. The van der Waals surface area contributed by atoms with Gasteiger partial charge in [0, 0.05) is 18.0 Å². The lowest BCUT2D eigenvalue weighted by atomic mass is 10.4. The lowest BCUT2D eigenvalue weighted by Crippen LogP contribution is -2.30. The van der Waals surface area contributed by atoms with Crippen molar-refractivity contribution in [2.45, 2.75) is 17.7 Å². The van der Waals surface area contributed by atoms with E-state index in [4.69, 9.17) is 11.6 Å². The Morgan fingerprint density at radius 2 is 2.14 bits per heavy atom. The van der Waals surface area contributed by atoms with E-state index in [1.807, 2.05) is 13.0 Å². The zero-order chi connectivity index (χ0) is 15.6. The van der Waals surface area contributed by atoms with Crippen molar-refractivity contribution in [3.63, 3.8) is 0 Å². The standard InChI is InChI=1S/C13H13BrClNO2S3/c1-3-6-16(8-10-4-5-11(15)19-10)21(17,18)12-7-9(2)13(14)20-12/h3-5,7H,1,6,8H2,2H3. The van der Waals surface area contributed by atoms with E-state index in [0.717, 1.165) is 14.2 Å². The summed E-state index contributed by atoms with van der Waals surface area (Å²) < 4.78 is 28.7. The number of aryl methyl sites for hydroxylation is 1. The van der Waals surface area contributed by atoms with Crippen molar-refractivity contribution in [1.82, 2.24) is 4.31 Å². The number of nitrogens with zero attached hydrogens (tertiary/aromatic N) is 1. The maximum Gasteiger partial charge on any atom is 0.253 e. The highest BCUT2D eigenvalue weighted by Gasteiger charge is 2.26. The summed E-state index contributed by atoms with van der Waals surface area (Å²) in [5, 5.41) is 0. The average molecular weight is 427 g/mol. The molecule has 0 N–H and O–H groups in total. The Bertz CT molecular complexity index is 732. The number of rotatable bonds is 6. The van der Waals surface area contributed by atoms with Crippen LogP contribution >= 0.6 is 50.2 Å². The van der Waals surface area contributed by atoms with Crippen molar-refractivity contribution in [1.29, 1.82) is 0 Å². The van der Waals surface area contributed by atoms with Crippen molar-refractivity contribution < 1.29 is 8.42 Å². The minimum Gasteiger partial charge on any atom is -0.206 e. The summed E-state index contributed by atoms with van der Waals surface area (Å²) >= 11 is 11.9. The molecule has 0 saturated carbocycles. The van der Waals surface area contributed by atoms with Crippen LogP contribution < -0.4 is 0 Å². The first-order chi connectivity index (χ1) is 9.84. The summed E-state index contributed by atoms with van der Waals surface area (Å²) in [5.74, 6) is 0. The van der Waals surface area contributed by atoms with Gasteiger partial charge in [0.25, 0.3) is 10.0 Å². The number of hydrogen-bond acceptors (Lipinski definition) is 4. The van der Waals surface area contributed by atoms with E-state index < -0.39 is 10.0 Å². The second-order valence-corrected chi connectivity index (χ2v) is 10.6. The normalized spacial score (nSPS) is 12.0. The fraction of sp³-hybridized carbons (Fsp3) is 0.231. The molecule has 2 aromatic heterocycles. The molecule has 0 unspecified atom stereocenters. The van der Waals surface area contributed by atoms with Crippen LogP contribution in [0.15, 0.2) is 38.8 Å². The van der Waals surface area contributed by atoms with E-state index >= 15 is 0 Å². The van der Waals surface area contributed by atoms with Gasteiger partial charge in [-0.05, 0) is 46.6 Å². The van der Waals surface area contributed by atoms with Crippen LogP contribution in [0.5, 0.6) is 0 Å². The largest absolute Gasteiger partial charge is 0.253 e. The predicted molar refractivity (Wildman–Crippen MR) is 93.9 cm³/mol. The number of hydrogen-bond donors (Lipinski definition) is 0. The van der Waals surface area contributed by atoms with Crippen LogP contribution in [-0.4, -0.2) is 19.3 Å². The van der Waals surface area contributed by atoms with Gasteiger partial charge in [-0.1, -0.05) is 17.7 Å². The highest BCUT2D eigenvalue weighted by Crippen LogP contribution is 2.33. The molecule has 3 nitrogen and oxygen atoms in total. The third kappa shape index (κ3) is 3.97. The van der Waals surface area contributed by atoms with Crippen LogP contribution in [0.1, 0.15) is 10.4 Å². The van der Waals surface area contributed by atoms with Crippen LogP contribution in [0.2, 0.25) is 4.34 Å². The Morgan fingerprint density at radius 1 is 1.43 bits per heavy atom. The van der Waals surface area contributed by atoms with Crippen LogP contribution in [0.3, 0.4) is 0 Å². The maximum absolute atomic E-state index is 12.7. The summed E-state index contributed by atoms with van der Waals surface area (Å²) in [6, 6.07) is 5.29. The van der Waals surface area contributed by atoms with Crippen molar-refractivity contribution in [3.8, 4) is 0 Å². The van der Waals surface area contributed by atoms with Gasteiger partial charge >= 0.3 is 0 Å². The molecule has 0 amide bonds. The monoisotopic (exact) mass is 425 g/mol. The zero-order valence-corrected chi connectivity index (χ0v) is 16.0. The maximum atomic E-state index is 12.7. The molecule has 0 aliphatic heterocycles. The van der Waals surface area contributed by atoms with Crippen LogP contribution in [0.4, 0.5) is 0 Å². The fourth-order valence-electron chi connectivity index (χ4n) is 1.69. The molecule has 2 aromatic rings. The Kier molecular flexibility index (Phi) is 5.67. The smallest absolute Gasteiger partial charge is 0.206 e. The fourth-order valence-corrected chi connectivity index (χ4v) is 6.64. The van der Waals surface area contributed by atoms with Crippen molar-refractivity contribution in [3.05, 3.63) is 49.4 Å². The van der Waals surface area contributed by atoms with E-state index in [0.29, 0.717) is 15.1 Å². The summed E-state index contributed by atoms with van der Waals surface area (Å²) in [6.45, 7) is 6.06. The molecule has 0 spiro atoms. The Morgan fingerprint density at radius 3 is 2.62 bits per heavy atom. The first-order valence-corrected chi connectivity index (χ1v) is 10.2. The van der Waals surface area contributed by atoms with Crippen LogP contribution in [-0.2, 0) is 16.6 Å². The second-order valence-electron chi connectivity index (χ2n) is 4.31. The molecule has 0 aliphatic carbocycles. The van der Waals surface area contributed by atoms with Gasteiger partial charge in [0.2, 0.25) is 0 Å². The van der Waals surface area contributed by atoms with Crippen molar-refractivity contribution in [2.24, 2.45) is 0 Å². The van der Waals surface area contributed by atoms with Gasteiger partial charge in [-0.15, -0.1) is 29.3 Å². The van der Waals surface area contributed by atoms with Crippen LogP contribution in [0, 0.1) is 6.92 Å². The average Bonchev–Trinajstić information content (AvgIpc) is 2.96. The van der Waals surface area contributed by atoms with Gasteiger partial charge in [0.1, 0.15) is 4.21 Å². The SMILES string of the molecule is C=CCN(Cc1ccc(Cl)s1)S(=O)(=O)c1cc(C)c(Br)s1. The highest BCUT2D eigenvalue weighted by atomic mass is 79.9. The molecule has 0 saturated heterocycles. The molecule has 0 aliphatic rings. The molecule has 2 heterocycles. The minimum absolute atomic E-state index is 0.256. The second kappa shape index (κ2) is 6.93. The summed E-state index contributed by atoms with van der Waals surface area (Å²) in [7, 11) is -3.54. The Labute approximate surface area is 146 Å². The molecule has 0 aromatic carbocycles. The minimum atomic E-state index is -3.54. The van der Waals surface area contributed by atoms with Gasteiger partial charge in [0.05, 0.1) is 8.12 Å². The van der Waals surface area contributed by atoms with Crippen molar-refractivity contribution in [2.75, 3.05) is 6.54 Å². The molecule has 0 atom stereocenters. The molecule has 8 heteroatoms. The van der Waals surface area contributed by atoms with Gasteiger partial charge in [-0.3, -0.25) is 0 Å². The zero-order valence-electron chi connectivity index (χ0n) is 11.2. The summed E-state index contributed by atoms with van der Waals surface area (Å²) in [4.78, 5) is 0.901. The Hall–Kier alpha value is -0.180. The van der Waals surface area contributed by atoms with E-state index in [1.54, 1.807) is 18.2 Å². The molecule has 2 rings (SSSR count). The number of sulfonamides is 1. The molecule has 0 fully saturated rings. The van der Waals surface area contributed by atoms with Gasteiger partial charge in [0.15, 0.2) is 0 Å². The predicted octanol–water partition coefficient (Wildman–Crippen LogP) is 4.91. The topological polar surface area (TPSA) is 37.4 Å². The van der Waals surface area contributed by atoms with Gasteiger partial charge in [-0.2, -0.15) is 4.31 Å². The molecule has 0 radical (unpaired) electrons. The molecule has 114 valence electrons. The molecule has 21 heavy (non-hydrogen) atoms. The first kappa shape index (κ1) is 17.2. The first-order valence-electron chi connectivity index (χ1n) is 5.96. The van der Waals surface area contributed by atoms with Gasteiger partial charge < -0.3 is 0 Å².